The molecule has 0 bridgehead atoms. The minimum Gasteiger partial charge on any atom is -0.462 e. The maximum absolute atomic E-state index is 12.6. The number of halogens is 5. The third-order valence-electron chi connectivity index (χ3n) is 2.20. The number of nitrogens with two attached hydrogens (primary N) is 1. The van der Waals surface area contributed by atoms with Gasteiger partial charge in [0.15, 0.2) is 0 Å². The Labute approximate surface area is 115 Å². The molecule has 0 aliphatic heterocycles. The largest absolute Gasteiger partial charge is 0.573 e. The average Bonchev–Trinajstić information content (AvgIpc) is 2.35. The fourth-order valence-corrected chi connectivity index (χ4v) is 1.48. The number of rotatable bonds is 5. The van der Waals surface area contributed by atoms with Gasteiger partial charge in [-0.1, -0.05) is 0 Å². The number of carbonyl (C=O) groups excluding carboxylic acids is 1. The van der Waals surface area contributed by atoms with Crippen LogP contribution in [0, 0.1) is 0 Å². The average molecular weight is 314 g/mol. The van der Waals surface area contributed by atoms with Crippen molar-refractivity contribution in [2.75, 3.05) is 6.61 Å². The summed E-state index contributed by atoms with van der Waals surface area (Å²) >= 11 is 0. The highest BCUT2D eigenvalue weighted by molar-refractivity contribution is 5.93. The van der Waals surface area contributed by atoms with Gasteiger partial charge in [-0.25, -0.2) is 18.6 Å². The standard InChI is InChI=1S/C11H11F5N2O3/c1-2-20-10(19)8-6(4-17)18-5(9(12)13)3-7(8)21-11(14,15)16/h3,9H,2,4,17H2,1H3. The van der Waals surface area contributed by atoms with Gasteiger partial charge in [0.05, 0.1) is 12.3 Å². The van der Waals surface area contributed by atoms with Gasteiger partial charge in [-0.15, -0.1) is 13.2 Å². The molecule has 1 aromatic heterocycles. The lowest BCUT2D eigenvalue weighted by molar-refractivity contribution is -0.274. The van der Waals surface area contributed by atoms with E-state index >= 15 is 0 Å². The maximum atomic E-state index is 12.6. The van der Waals surface area contributed by atoms with Crippen molar-refractivity contribution in [2.24, 2.45) is 5.73 Å². The second-order valence-corrected chi connectivity index (χ2v) is 3.64. The zero-order valence-electron chi connectivity index (χ0n) is 10.7. The van der Waals surface area contributed by atoms with Gasteiger partial charge in [-0.2, -0.15) is 0 Å². The summed E-state index contributed by atoms with van der Waals surface area (Å²) < 4.78 is 70.4. The first-order valence-corrected chi connectivity index (χ1v) is 5.64. The summed E-state index contributed by atoms with van der Waals surface area (Å²) in [6.07, 6.45) is -8.32. The molecule has 0 fully saturated rings. The van der Waals surface area contributed by atoms with Crippen molar-refractivity contribution in [1.82, 2.24) is 4.98 Å². The van der Waals surface area contributed by atoms with Crippen LogP contribution in [0.25, 0.3) is 0 Å². The second kappa shape index (κ2) is 6.66. The first-order valence-electron chi connectivity index (χ1n) is 5.64. The number of hydrogen-bond acceptors (Lipinski definition) is 5. The molecule has 0 unspecified atom stereocenters. The molecule has 10 heteroatoms. The van der Waals surface area contributed by atoms with E-state index in [1.165, 1.54) is 6.92 Å². The van der Waals surface area contributed by atoms with Crippen molar-refractivity contribution in [3.63, 3.8) is 0 Å². The molecule has 0 saturated carbocycles. The summed E-state index contributed by atoms with van der Waals surface area (Å²) in [6.45, 7) is 0.749. The zero-order chi connectivity index (χ0) is 16.2. The van der Waals surface area contributed by atoms with Crippen LogP contribution < -0.4 is 10.5 Å². The fourth-order valence-electron chi connectivity index (χ4n) is 1.48. The van der Waals surface area contributed by atoms with Crippen molar-refractivity contribution in [2.45, 2.75) is 26.3 Å². The van der Waals surface area contributed by atoms with Gasteiger partial charge in [-0.3, -0.25) is 0 Å². The first kappa shape index (κ1) is 17.1. The van der Waals surface area contributed by atoms with Gasteiger partial charge in [-0.05, 0) is 6.92 Å². The molecule has 0 radical (unpaired) electrons. The number of ether oxygens (including phenoxy) is 2. The van der Waals surface area contributed by atoms with Crippen LogP contribution in [0.5, 0.6) is 5.75 Å². The van der Waals surface area contributed by atoms with Gasteiger partial charge < -0.3 is 15.2 Å². The third-order valence-corrected chi connectivity index (χ3v) is 2.20. The molecule has 1 rings (SSSR count). The molecule has 5 nitrogen and oxygen atoms in total. The SMILES string of the molecule is CCOC(=O)c1c(OC(F)(F)F)cc(C(F)F)nc1CN. The summed E-state index contributed by atoms with van der Waals surface area (Å²) in [5.74, 6) is -2.31. The Morgan fingerprint density at radius 2 is 2.05 bits per heavy atom. The van der Waals surface area contributed by atoms with E-state index < -0.39 is 48.0 Å². The van der Waals surface area contributed by atoms with Crippen LogP contribution >= 0.6 is 0 Å². The smallest absolute Gasteiger partial charge is 0.462 e. The fraction of sp³-hybridized carbons (Fsp3) is 0.455. The molecule has 0 atom stereocenters. The van der Waals surface area contributed by atoms with Crippen molar-refractivity contribution in [3.05, 3.63) is 23.0 Å². The molecule has 1 heterocycles. The molecule has 0 aromatic carbocycles. The lowest BCUT2D eigenvalue weighted by Gasteiger charge is -2.16. The number of pyridine rings is 1. The number of hydrogen-bond donors (Lipinski definition) is 1. The van der Waals surface area contributed by atoms with Crippen LogP contribution in [0.2, 0.25) is 0 Å². The number of aromatic nitrogens is 1. The minimum absolute atomic E-state index is 0.134. The van der Waals surface area contributed by atoms with Crippen LogP contribution in [-0.2, 0) is 11.3 Å². The number of carbonyl (C=O) groups is 1. The molecular formula is C11H11F5N2O3. The minimum atomic E-state index is -5.17. The van der Waals surface area contributed by atoms with E-state index in [9.17, 15) is 26.7 Å². The van der Waals surface area contributed by atoms with E-state index in [0.29, 0.717) is 6.07 Å². The molecule has 1 aromatic rings. The van der Waals surface area contributed by atoms with E-state index in [4.69, 9.17) is 5.73 Å². The zero-order valence-corrected chi connectivity index (χ0v) is 10.7. The number of nitrogens with zero attached hydrogens (tertiary/aromatic N) is 1. The predicted molar refractivity (Wildman–Crippen MR) is 59.7 cm³/mol. The Bertz CT molecular complexity index is 519. The Morgan fingerprint density at radius 1 is 1.43 bits per heavy atom. The van der Waals surface area contributed by atoms with Crippen molar-refractivity contribution >= 4 is 5.97 Å². The van der Waals surface area contributed by atoms with Crippen LogP contribution in [0.3, 0.4) is 0 Å². The molecule has 21 heavy (non-hydrogen) atoms. The van der Waals surface area contributed by atoms with E-state index in [0.717, 1.165) is 0 Å². The molecule has 0 spiro atoms. The second-order valence-electron chi connectivity index (χ2n) is 3.64. The molecule has 0 aliphatic carbocycles. The number of esters is 1. The highest BCUT2D eigenvalue weighted by Gasteiger charge is 2.35. The highest BCUT2D eigenvalue weighted by Crippen LogP contribution is 2.32. The van der Waals surface area contributed by atoms with Crippen LogP contribution in [0.15, 0.2) is 6.07 Å². The van der Waals surface area contributed by atoms with Crippen molar-refractivity contribution < 1.29 is 36.2 Å². The molecule has 0 amide bonds. The molecular weight excluding hydrogens is 303 g/mol. The lowest BCUT2D eigenvalue weighted by Crippen LogP contribution is -2.22. The predicted octanol–water partition coefficient (Wildman–Crippen LogP) is 2.55. The summed E-state index contributed by atoms with van der Waals surface area (Å²) in [4.78, 5) is 15.0. The van der Waals surface area contributed by atoms with Crippen LogP contribution in [0.4, 0.5) is 22.0 Å². The van der Waals surface area contributed by atoms with E-state index in [1.54, 1.807) is 0 Å². The Balaban J connectivity index is 3.45. The maximum Gasteiger partial charge on any atom is 0.573 e. The van der Waals surface area contributed by atoms with Gasteiger partial charge in [0.25, 0.3) is 6.43 Å². The van der Waals surface area contributed by atoms with Gasteiger partial charge >= 0.3 is 12.3 Å². The lowest BCUT2D eigenvalue weighted by atomic mass is 10.1. The van der Waals surface area contributed by atoms with Crippen molar-refractivity contribution in [3.8, 4) is 5.75 Å². The number of alkyl halides is 5. The first-order chi connectivity index (χ1) is 9.69. The van der Waals surface area contributed by atoms with Crippen LogP contribution in [-0.4, -0.2) is 23.9 Å². The van der Waals surface area contributed by atoms with Gasteiger partial charge in [0.1, 0.15) is 17.0 Å². The molecule has 0 saturated heterocycles. The van der Waals surface area contributed by atoms with Gasteiger partial charge in [0.2, 0.25) is 0 Å². The Hall–Kier alpha value is -1.97. The monoisotopic (exact) mass is 314 g/mol. The summed E-state index contributed by atoms with van der Waals surface area (Å²) in [5.41, 5.74) is 3.06. The highest BCUT2D eigenvalue weighted by atomic mass is 19.4. The van der Waals surface area contributed by atoms with Gasteiger partial charge in [0, 0.05) is 12.6 Å². The van der Waals surface area contributed by atoms with E-state index in [2.05, 4.69) is 14.5 Å². The summed E-state index contributed by atoms with van der Waals surface area (Å²) in [7, 11) is 0. The third kappa shape index (κ3) is 4.52. The quantitative estimate of drug-likeness (QED) is 0.668. The summed E-state index contributed by atoms with van der Waals surface area (Å²) in [5, 5.41) is 0. The normalized spacial score (nSPS) is 11.6. The molecule has 0 aliphatic rings. The molecule has 118 valence electrons. The Morgan fingerprint density at radius 3 is 2.48 bits per heavy atom. The van der Waals surface area contributed by atoms with E-state index in [1.807, 2.05) is 0 Å². The Kier molecular flexibility index (Phi) is 5.41. The van der Waals surface area contributed by atoms with Crippen LogP contribution in [0.1, 0.15) is 35.1 Å². The summed E-state index contributed by atoms with van der Waals surface area (Å²) in [6, 6.07) is 0.337. The van der Waals surface area contributed by atoms with E-state index in [-0.39, 0.29) is 6.61 Å². The topological polar surface area (TPSA) is 74.4 Å². The van der Waals surface area contributed by atoms with Crippen molar-refractivity contribution in [1.29, 1.82) is 0 Å². The molecule has 2 N–H and O–H groups in total.